The standard InChI is InChI=1S/C20H24N4O9S/c1-9-6-14(27)24(9)16(19(29)30)20(3,34(31)32)8-21-23-17(28)15-10(2)33-18(22-15)11-4-5-12(25)13(26)7-11/h4-5,7-10,15-16,25-26,34H,6H2,1-3H3,(H,23,28)(H,29,30)/b21-8+/t9-,10-,15+,16+,20+/m1/s1. The second-order valence-electron chi connectivity index (χ2n) is 8.22. The molecule has 1 aromatic carbocycles. The highest BCUT2D eigenvalue weighted by Gasteiger charge is 2.52. The van der Waals surface area contributed by atoms with Gasteiger partial charge in [0, 0.05) is 24.2 Å². The van der Waals surface area contributed by atoms with Crippen molar-refractivity contribution < 1.29 is 42.9 Å². The number of nitrogens with one attached hydrogen (secondary N) is 1. The molecule has 0 radical (unpaired) electrons. The van der Waals surface area contributed by atoms with Crippen LogP contribution in [0.4, 0.5) is 0 Å². The number of amides is 2. The summed E-state index contributed by atoms with van der Waals surface area (Å²) in [7, 11) is -3.43. The largest absolute Gasteiger partial charge is 0.504 e. The van der Waals surface area contributed by atoms with Gasteiger partial charge in [-0.2, -0.15) is 5.10 Å². The van der Waals surface area contributed by atoms with Gasteiger partial charge in [-0.05, 0) is 39.0 Å². The zero-order valence-corrected chi connectivity index (χ0v) is 19.3. The van der Waals surface area contributed by atoms with Crippen LogP contribution in [0.3, 0.4) is 0 Å². The minimum Gasteiger partial charge on any atom is -0.504 e. The maximum Gasteiger partial charge on any atom is 0.328 e. The Kier molecular flexibility index (Phi) is 6.82. The van der Waals surface area contributed by atoms with E-state index in [1.165, 1.54) is 18.2 Å². The van der Waals surface area contributed by atoms with Crippen molar-refractivity contribution in [3.63, 3.8) is 0 Å². The smallest absolute Gasteiger partial charge is 0.328 e. The predicted molar refractivity (Wildman–Crippen MR) is 118 cm³/mol. The Balaban J connectivity index is 1.78. The number of ether oxygens (including phenoxy) is 1. The third-order valence-corrected chi connectivity index (χ3v) is 6.83. The average molecular weight is 496 g/mol. The molecular formula is C20H24N4O9S. The molecule has 1 fully saturated rings. The number of carboxylic acid groups (broad SMARTS) is 1. The van der Waals surface area contributed by atoms with E-state index >= 15 is 0 Å². The first-order valence-corrected chi connectivity index (χ1v) is 11.3. The molecule has 0 aliphatic carbocycles. The van der Waals surface area contributed by atoms with E-state index in [0.717, 1.165) is 18.0 Å². The topological polar surface area (TPSA) is 195 Å². The summed E-state index contributed by atoms with van der Waals surface area (Å²) >= 11 is 0. The monoisotopic (exact) mass is 496 g/mol. The third kappa shape index (κ3) is 4.53. The molecule has 3 rings (SSSR count). The van der Waals surface area contributed by atoms with E-state index in [-0.39, 0.29) is 18.1 Å². The zero-order valence-electron chi connectivity index (χ0n) is 18.4. The van der Waals surface area contributed by atoms with Gasteiger partial charge in [-0.15, -0.1) is 0 Å². The van der Waals surface area contributed by atoms with E-state index in [4.69, 9.17) is 4.74 Å². The van der Waals surface area contributed by atoms with Crippen LogP contribution in [0.1, 0.15) is 32.8 Å². The van der Waals surface area contributed by atoms with Gasteiger partial charge >= 0.3 is 5.97 Å². The van der Waals surface area contributed by atoms with E-state index < -0.39 is 63.2 Å². The number of likely N-dealkylation sites (tertiary alicyclic amines) is 1. The van der Waals surface area contributed by atoms with E-state index in [2.05, 4.69) is 15.5 Å². The van der Waals surface area contributed by atoms with Gasteiger partial charge in [0.1, 0.15) is 10.9 Å². The Morgan fingerprint density at radius 2 is 2.00 bits per heavy atom. The normalized spacial score (nSPS) is 24.8. The van der Waals surface area contributed by atoms with Crippen molar-refractivity contribution in [3.8, 4) is 11.5 Å². The molecule has 0 unspecified atom stereocenters. The number of carboxylic acids is 1. The Labute approximate surface area is 195 Å². The van der Waals surface area contributed by atoms with Gasteiger partial charge in [0.25, 0.3) is 5.91 Å². The fourth-order valence-electron chi connectivity index (χ4n) is 3.72. The van der Waals surface area contributed by atoms with Crippen molar-refractivity contribution >= 4 is 40.6 Å². The summed E-state index contributed by atoms with van der Waals surface area (Å²) in [5.41, 5.74) is 2.45. The Morgan fingerprint density at radius 3 is 2.53 bits per heavy atom. The van der Waals surface area contributed by atoms with Gasteiger partial charge in [-0.1, -0.05) is 0 Å². The van der Waals surface area contributed by atoms with Crippen LogP contribution >= 0.6 is 0 Å². The quantitative estimate of drug-likeness (QED) is 0.100. The molecular weight excluding hydrogens is 472 g/mol. The molecule has 13 nitrogen and oxygen atoms in total. The Hall–Kier alpha value is -3.68. The third-order valence-electron chi connectivity index (χ3n) is 5.68. The summed E-state index contributed by atoms with van der Waals surface area (Å²) in [6, 6.07) is 0.592. The van der Waals surface area contributed by atoms with Crippen molar-refractivity contribution in [2.24, 2.45) is 10.1 Å². The summed E-state index contributed by atoms with van der Waals surface area (Å²) in [6.45, 7) is 4.25. The van der Waals surface area contributed by atoms with E-state index in [0.29, 0.717) is 5.56 Å². The Morgan fingerprint density at radius 1 is 1.32 bits per heavy atom. The van der Waals surface area contributed by atoms with E-state index in [1.54, 1.807) is 13.8 Å². The van der Waals surface area contributed by atoms with Crippen molar-refractivity contribution in [1.82, 2.24) is 10.3 Å². The summed E-state index contributed by atoms with van der Waals surface area (Å²) in [6.07, 6.45) is 0.133. The number of aliphatic imine (C=N–C) groups is 1. The molecule has 0 spiro atoms. The fourth-order valence-corrected chi connectivity index (χ4v) is 4.31. The first-order valence-electron chi connectivity index (χ1n) is 10.2. The number of benzene rings is 1. The number of β-lactam (4-membered cyclic amide) rings is 1. The summed E-state index contributed by atoms with van der Waals surface area (Å²) < 4.78 is 27.5. The van der Waals surface area contributed by atoms with Crippen LogP contribution in [0, 0.1) is 0 Å². The van der Waals surface area contributed by atoms with Crippen molar-refractivity contribution in [2.75, 3.05) is 0 Å². The van der Waals surface area contributed by atoms with Gasteiger partial charge in [0.15, 0.2) is 34.3 Å². The molecule has 1 aromatic rings. The molecule has 2 amide bonds. The van der Waals surface area contributed by atoms with Gasteiger partial charge in [-0.25, -0.2) is 23.6 Å². The molecule has 0 aromatic heterocycles. The number of carbonyl (C=O) groups excluding carboxylic acids is 2. The number of phenols is 2. The number of hydrogen-bond acceptors (Lipinski definition) is 10. The number of rotatable bonds is 8. The number of thiol groups is 1. The number of phenolic OH excluding ortho intramolecular Hbond substituents is 2. The first kappa shape index (κ1) is 25.0. The highest BCUT2D eigenvalue weighted by atomic mass is 32.2. The lowest BCUT2D eigenvalue weighted by atomic mass is 9.92. The molecule has 14 heteroatoms. The minimum atomic E-state index is -3.43. The first-order chi connectivity index (χ1) is 15.9. The highest BCUT2D eigenvalue weighted by molar-refractivity contribution is 7.75. The lowest BCUT2D eigenvalue weighted by Crippen LogP contribution is -2.66. The minimum absolute atomic E-state index is 0.0376. The average Bonchev–Trinajstić information content (AvgIpc) is 3.15. The molecule has 2 heterocycles. The van der Waals surface area contributed by atoms with Crippen molar-refractivity contribution in [3.05, 3.63) is 23.8 Å². The van der Waals surface area contributed by atoms with Crippen molar-refractivity contribution in [2.45, 2.75) is 56.2 Å². The van der Waals surface area contributed by atoms with Crippen molar-refractivity contribution in [1.29, 1.82) is 0 Å². The van der Waals surface area contributed by atoms with Gasteiger partial charge in [0.2, 0.25) is 11.8 Å². The predicted octanol–water partition coefficient (Wildman–Crippen LogP) is -0.822. The van der Waals surface area contributed by atoms with E-state index in [9.17, 15) is 38.1 Å². The molecule has 34 heavy (non-hydrogen) atoms. The van der Waals surface area contributed by atoms with Gasteiger partial charge in [-0.3, -0.25) is 9.59 Å². The maximum absolute atomic E-state index is 12.6. The molecule has 4 N–H and O–H groups in total. The summed E-state index contributed by atoms with van der Waals surface area (Å²) in [5.74, 6) is -3.49. The number of carbonyl (C=O) groups is 3. The van der Waals surface area contributed by atoms with Crippen LogP contribution in [-0.2, 0) is 29.8 Å². The lowest BCUT2D eigenvalue weighted by molar-refractivity contribution is -0.161. The van der Waals surface area contributed by atoms with Crippen LogP contribution in [0.2, 0.25) is 0 Å². The van der Waals surface area contributed by atoms with E-state index in [1.807, 2.05) is 0 Å². The number of aromatic hydroxyl groups is 2. The lowest BCUT2D eigenvalue weighted by Gasteiger charge is -2.45. The molecule has 0 saturated carbocycles. The summed E-state index contributed by atoms with van der Waals surface area (Å²) in [5, 5.41) is 32.4. The molecule has 5 atom stereocenters. The summed E-state index contributed by atoms with van der Waals surface area (Å²) in [4.78, 5) is 41.5. The maximum atomic E-state index is 12.6. The number of nitrogens with zero attached hydrogens (tertiary/aromatic N) is 3. The van der Waals surface area contributed by atoms with Crippen LogP contribution < -0.4 is 5.43 Å². The van der Waals surface area contributed by atoms with Gasteiger partial charge < -0.3 is 25.0 Å². The second kappa shape index (κ2) is 9.29. The van der Waals surface area contributed by atoms with Crippen LogP contribution in [0.25, 0.3) is 0 Å². The fraction of sp³-hybridized carbons (Fsp3) is 0.450. The second-order valence-corrected chi connectivity index (χ2v) is 9.70. The molecule has 0 bridgehead atoms. The Bertz CT molecular complexity index is 1160. The highest BCUT2D eigenvalue weighted by Crippen LogP contribution is 2.30. The number of hydrogen-bond donors (Lipinski definition) is 5. The number of hydrazone groups is 1. The molecule has 2 aliphatic heterocycles. The molecule has 1 saturated heterocycles. The van der Waals surface area contributed by atoms with Gasteiger partial charge in [0.05, 0.1) is 0 Å². The SMILES string of the molecule is C[C@@H]1CC(=O)N1[C@@H](C(=O)O)[C@](C)(/C=N/NC(=O)[C@H]1N=C(c2ccc(O)c(O)c2)O[C@@H]1C)[SH](=O)=O. The van der Waals surface area contributed by atoms with Crippen LogP contribution in [-0.4, -0.2) is 87.5 Å². The molecule has 2 aliphatic rings. The number of aliphatic carboxylic acids is 1. The van der Waals surface area contributed by atoms with Crippen LogP contribution in [0.5, 0.6) is 11.5 Å². The zero-order chi connectivity index (χ0) is 25.4. The molecule has 184 valence electrons. The van der Waals surface area contributed by atoms with Crippen LogP contribution in [0.15, 0.2) is 28.3 Å².